The van der Waals surface area contributed by atoms with Gasteiger partial charge in [-0.15, -0.1) is 0 Å². The Morgan fingerprint density at radius 2 is 2.10 bits per heavy atom. The number of piperidine rings is 1. The molecule has 2 atom stereocenters. The van der Waals surface area contributed by atoms with Crippen LogP contribution in [0.25, 0.3) is 0 Å². The van der Waals surface area contributed by atoms with Crippen molar-refractivity contribution in [2.75, 3.05) is 19.7 Å². The van der Waals surface area contributed by atoms with Gasteiger partial charge >= 0.3 is 6.09 Å². The van der Waals surface area contributed by atoms with Crippen LogP contribution in [0.3, 0.4) is 0 Å². The molecule has 1 amide bonds. The van der Waals surface area contributed by atoms with Gasteiger partial charge in [0.25, 0.3) is 0 Å². The number of hydrogen-bond acceptors (Lipinski definition) is 4. The minimum atomic E-state index is -0.450. The molecule has 0 radical (unpaired) electrons. The first kappa shape index (κ1) is 18.2. The van der Waals surface area contributed by atoms with E-state index in [0.29, 0.717) is 18.5 Å². The Balaban J connectivity index is 2.53. The van der Waals surface area contributed by atoms with Crippen LogP contribution < -0.4 is 5.32 Å². The molecule has 21 heavy (non-hydrogen) atoms. The quantitative estimate of drug-likeness (QED) is 0.818. The van der Waals surface area contributed by atoms with E-state index in [1.807, 2.05) is 20.8 Å². The molecule has 1 heterocycles. The summed E-state index contributed by atoms with van der Waals surface area (Å²) in [5.41, 5.74) is -0.450. The van der Waals surface area contributed by atoms with Gasteiger partial charge in [0, 0.05) is 31.8 Å². The zero-order valence-electron chi connectivity index (χ0n) is 14.2. The highest BCUT2D eigenvalue weighted by Crippen LogP contribution is 2.17. The molecule has 0 aromatic rings. The third-order valence-corrected chi connectivity index (χ3v) is 3.77. The SMILES string of the molecule is CC(C)C(CCO)NC1CCCN(C(=O)OC(C)(C)C)C1. The normalized spacial score (nSPS) is 21.5. The zero-order chi connectivity index (χ0) is 16.0. The molecule has 5 heteroatoms. The number of aliphatic hydroxyl groups is 1. The van der Waals surface area contributed by atoms with Crippen molar-refractivity contribution in [2.24, 2.45) is 5.92 Å². The molecule has 1 aliphatic rings. The molecular formula is C16H32N2O3. The van der Waals surface area contributed by atoms with E-state index in [1.54, 1.807) is 4.90 Å². The molecule has 1 aliphatic heterocycles. The lowest BCUT2D eigenvalue weighted by Crippen LogP contribution is -2.52. The van der Waals surface area contributed by atoms with Crippen LogP contribution in [-0.4, -0.2) is 53.5 Å². The van der Waals surface area contributed by atoms with Gasteiger partial charge < -0.3 is 20.1 Å². The zero-order valence-corrected chi connectivity index (χ0v) is 14.2. The topological polar surface area (TPSA) is 61.8 Å². The second-order valence-electron chi connectivity index (χ2n) is 7.29. The van der Waals surface area contributed by atoms with Gasteiger partial charge in [0.1, 0.15) is 5.60 Å². The van der Waals surface area contributed by atoms with E-state index in [4.69, 9.17) is 9.84 Å². The first-order chi connectivity index (χ1) is 9.73. The molecule has 0 spiro atoms. The van der Waals surface area contributed by atoms with Gasteiger partial charge in [0.05, 0.1) is 0 Å². The van der Waals surface area contributed by atoms with Crippen LogP contribution in [0.2, 0.25) is 0 Å². The molecule has 0 aromatic carbocycles. The predicted molar refractivity (Wildman–Crippen MR) is 84.3 cm³/mol. The highest BCUT2D eigenvalue weighted by molar-refractivity contribution is 5.68. The van der Waals surface area contributed by atoms with Crippen molar-refractivity contribution in [3.8, 4) is 0 Å². The summed E-state index contributed by atoms with van der Waals surface area (Å²) in [6, 6.07) is 0.573. The lowest BCUT2D eigenvalue weighted by Gasteiger charge is -2.37. The van der Waals surface area contributed by atoms with E-state index >= 15 is 0 Å². The summed E-state index contributed by atoms with van der Waals surface area (Å²) < 4.78 is 5.44. The summed E-state index contributed by atoms with van der Waals surface area (Å²) in [4.78, 5) is 13.9. The summed E-state index contributed by atoms with van der Waals surface area (Å²) in [6.07, 6.45) is 2.58. The summed E-state index contributed by atoms with van der Waals surface area (Å²) in [5, 5.41) is 12.8. The minimum Gasteiger partial charge on any atom is -0.444 e. The summed E-state index contributed by atoms with van der Waals surface area (Å²) in [6.45, 7) is 11.6. The fourth-order valence-corrected chi connectivity index (χ4v) is 2.66. The first-order valence-electron chi connectivity index (χ1n) is 8.07. The standard InChI is InChI=1S/C16H32N2O3/c1-12(2)14(8-10-19)17-13-7-6-9-18(11-13)15(20)21-16(3,4)5/h12-14,17,19H,6-11H2,1-5H3. The average Bonchev–Trinajstić information content (AvgIpc) is 2.36. The minimum absolute atomic E-state index is 0.193. The molecule has 5 nitrogen and oxygen atoms in total. The molecule has 124 valence electrons. The van der Waals surface area contributed by atoms with Crippen LogP contribution in [-0.2, 0) is 4.74 Å². The summed E-state index contributed by atoms with van der Waals surface area (Å²) >= 11 is 0. The van der Waals surface area contributed by atoms with Crippen LogP contribution >= 0.6 is 0 Å². The highest BCUT2D eigenvalue weighted by Gasteiger charge is 2.29. The third-order valence-electron chi connectivity index (χ3n) is 3.77. The molecule has 0 bridgehead atoms. The van der Waals surface area contributed by atoms with Crippen molar-refractivity contribution in [1.29, 1.82) is 0 Å². The van der Waals surface area contributed by atoms with E-state index in [-0.39, 0.29) is 18.7 Å². The highest BCUT2D eigenvalue weighted by atomic mass is 16.6. The Kier molecular flexibility index (Phi) is 6.94. The second-order valence-corrected chi connectivity index (χ2v) is 7.29. The molecule has 2 N–H and O–H groups in total. The van der Waals surface area contributed by atoms with Gasteiger partial charge in [-0.3, -0.25) is 0 Å². The molecule has 1 saturated heterocycles. The van der Waals surface area contributed by atoms with Crippen LogP contribution in [0.4, 0.5) is 4.79 Å². The monoisotopic (exact) mass is 300 g/mol. The lowest BCUT2D eigenvalue weighted by atomic mass is 9.97. The smallest absolute Gasteiger partial charge is 0.410 e. The maximum Gasteiger partial charge on any atom is 0.410 e. The number of aliphatic hydroxyl groups excluding tert-OH is 1. The van der Waals surface area contributed by atoms with Gasteiger partial charge in [-0.2, -0.15) is 0 Å². The van der Waals surface area contributed by atoms with Crippen LogP contribution in [0.15, 0.2) is 0 Å². The Morgan fingerprint density at radius 3 is 2.62 bits per heavy atom. The number of ether oxygens (including phenoxy) is 1. The Morgan fingerprint density at radius 1 is 1.43 bits per heavy atom. The molecule has 2 unspecified atom stereocenters. The number of rotatable bonds is 5. The number of amides is 1. The van der Waals surface area contributed by atoms with Crippen molar-refractivity contribution < 1.29 is 14.6 Å². The molecule has 0 aliphatic carbocycles. The summed E-state index contributed by atoms with van der Waals surface area (Å²) in [7, 11) is 0. The van der Waals surface area contributed by atoms with Crippen molar-refractivity contribution >= 4 is 6.09 Å². The van der Waals surface area contributed by atoms with Gasteiger partial charge in [-0.05, 0) is 46.0 Å². The van der Waals surface area contributed by atoms with Gasteiger partial charge in [-0.1, -0.05) is 13.8 Å². The first-order valence-corrected chi connectivity index (χ1v) is 8.07. The molecule has 1 fully saturated rings. The van der Waals surface area contributed by atoms with Gasteiger partial charge in [0.2, 0.25) is 0 Å². The largest absolute Gasteiger partial charge is 0.444 e. The van der Waals surface area contributed by atoms with E-state index in [0.717, 1.165) is 25.8 Å². The van der Waals surface area contributed by atoms with Gasteiger partial charge in [0.15, 0.2) is 0 Å². The van der Waals surface area contributed by atoms with Crippen molar-refractivity contribution in [3.05, 3.63) is 0 Å². The van der Waals surface area contributed by atoms with Crippen molar-refractivity contribution in [2.45, 2.75) is 71.6 Å². The van der Waals surface area contributed by atoms with E-state index < -0.39 is 5.60 Å². The second kappa shape index (κ2) is 7.99. The average molecular weight is 300 g/mol. The van der Waals surface area contributed by atoms with Crippen molar-refractivity contribution in [3.63, 3.8) is 0 Å². The van der Waals surface area contributed by atoms with Crippen LogP contribution in [0.1, 0.15) is 53.9 Å². The number of likely N-dealkylation sites (tertiary alicyclic amines) is 1. The Bertz CT molecular complexity index is 326. The van der Waals surface area contributed by atoms with Crippen LogP contribution in [0, 0.1) is 5.92 Å². The number of hydrogen-bond donors (Lipinski definition) is 2. The predicted octanol–water partition coefficient (Wildman–Crippen LogP) is 2.38. The fraction of sp³-hybridized carbons (Fsp3) is 0.938. The third kappa shape index (κ3) is 6.66. The molecule has 0 aromatic heterocycles. The lowest BCUT2D eigenvalue weighted by molar-refractivity contribution is 0.0179. The Hall–Kier alpha value is -0.810. The number of nitrogens with one attached hydrogen (secondary N) is 1. The van der Waals surface area contributed by atoms with E-state index in [9.17, 15) is 4.79 Å². The number of carbonyl (C=O) groups is 1. The van der Waals surface area contributed by atoms with Crippen molar-refractivity contribution in [1.82, 2.24) is 10.2 Å². The van der Waals surface area contributed by atoms with Crippen LogP contribution in [0.5, 0.6) is 0 Å². The summed E-state index contributed by atoms with van der Waals surface area (Å²) in [5.74, 6) is 0.467. The maximum atomic E-state index is 12.1. The fourth-order valence-electron chi connectivity index (χ4n) is 2.66. The van der Waals surface area contributed by atoms with E-state index in [2.05, 4.69) is 19.2 Å². The van der Waals surface area contributed by atoms with Gasteiger partial charge in [-0.25, -0.2) is 4.79 Å². The van der Waals surface area contributed by atoms with E-state index in [1.165, 1.54) is 0 Å². The number of carbonyl (C=O) groups excluding carboxylic acids is 1. The molecule has 1 rings (SSSR count). The maximum absolute atomic E-state index is 12.1. The Labute approximate surface area is 129 Å². The number of nitrogens with zero attached hydrogens (tertiary/aromatic N) is 1. The molecular weight excluding hydrogens is 268 g/mol. The molecule has 0 saturated carbocycles.